The first-order chi connectivity index (χ1) is 11.1. The number of furan rings is 1. The first-order valence-electron chi connectivity index (χ1n) is 7.09. The van der Waals surface area contributed by atoms with E-state index in [0.717, 1.165) is 11.1 Å². The van der Waals surface area contributed by atoms with Gasteiger partial charge in [0.25, 0.3) is 0 Å². The van der Waals surface area contributed by atoms with E-state index in [0.29, 0.717) is 18.1 Å². The van der Waals surface area contributed by atoms with E-state index in [1.807, 2.05) is 6.26 Å². The molecule has 0 saturated carbocycles. The summed E-state index contributed by atoms with van der Waals surface area (Å²) < 4.78 is 18.3. The number of hydrogen-bond acceptors (Lipinski definition) is 4. The molecular weight excluding hydrogens is 319 g/mol. The Balaban J connectivity index is 1.82. The smallest absolute Gasteiger partial charge is 0.315 e. The molecule has 23 heavy (non-hydrogen) atoms. The third-order valence-electron chi connectivity index (χ3n) is 3.24. The Labute approximate surface area is 138 Å². The number of urea groups is 1. The first-order valence-corrected chi connectivity index (χ1v) is 8.49. The minimum absolute atomic E-state index is 0.0421. The van der Waals surface area contributed by atoms with Gasteiger partial charge >= 0.3 is 6.03 Å². The lowest BCUT2D eigenvalue weighted by Gasteiger charge is -2.12. The van der Waals surface area contributed by atoms with Crippen molar-refractivity contribution in [3.63, 3.8) is 0 Å². The van der Waals surface area contributed by atoms with Crippen molar-refractivity contribution in [3.8, 4) is 0 Å². The largest absolute Gasteiger partial charge is 0.467 e. The number of carbonyl (C=O) groups excluding carboxylic acids is 1. The molecule has 0 aliphatic rings. The molecule has 1 aromatic carbocycles. The standard InChI is InChI=1S/C16H19FN2O3S/c1-23-10-12-7-13(17)5-4-11(12)8-18-16(21)19-9-14(20)15-3-2-6-22-15/h2-7,14,20H,8-10H2,1H3,(H2,18,19,21). The fourth-order valence-corrected chi connectivity index (χ4v) is 2.65. The number of thioether (sulfide) groups is 1. The van der Waals surface area contributed by atoms with Crippen LogP contribution in [0.4, 0.5) is 9.18 Å². The van der Waals surface area contributed by atoms with Gasteiger partial charge in [0.15, 0.2) is 0 Å². The molecule has 0 fully saturated rings. The van der Waals surface area contributed by atoms with Crippen molar-refractivity contribution in [2.24, 2.45) is 0 Å². The van der Waals surface area contributed by atoms with E-state index >= 15 is 0 Å². The minimum Gasteiger partial charge on any atom is -0.467 e. The topological polar surface area (TPSA) is 74.5 Å². The van der Waals surface area contributed by atoms with E-state index in [1.165, 1.54) is 18.4 Å². The Morgan fingerprint density at radius 2 is 2.17 bits per heavy atom. The van der Waals surface area contributed by atoms with Gasteiger partial charge in [0.1, 0.15) is 17.7 Å². The fourth-order valence-electron chi connectivity index (χ4n) is 2.07. The molecule has 2 aromatic rings. The lowest BCUT2D eigenvalue weighted by Crippen LogP contribution is -2.37. The summed E-state index contributed by atoms with van der Waals surface area (Å²) in [6, 6.07) is 7.41. The summed E-state index contributed by atoms with van der Waals surface area (Å²) in [6.45, 7) is 0.333. The molecule has 0 aliphatic carbocycles. The molecule has 5 nitrogen and oxygen atoms in total. The van der Waals surface area contributed by atoms with Crippen LogP contribution in [0.1, 0.15) is 23.0 Å². The molecular formula is C16H19FN2O3S. The number of hydrogen-bond donors (Lipinski definition) is 3. The van der Waals surface area contributed by atoms with Gasteiger partial charge in [-0.15, -0.1) is 0 Å². The van der Waals surface area contributed by atoms with E-state index < -0.39 is 12.1 Å². The first kappa shape index (κ1) is 17.4. The van der Waals surface area contributed by atoms with Gasteiger partial charge in [-0.1, -0.05) is 6.07 Å². The Kier molecular flexibility index (Phi) is 6.49. The number of carbonyl (C=O) groups is 1. The summed E-state index contributed by atoms with van der Waals surface area (Å²) in [5, 5.41) is 15.1. The predicted octanol–water partition coefficient (Wildman–Crippen LogP) is 2.81. The van der Waals surface area contributed by atoms with Crippen LogP contribution >= 0.6 is 11.8 Å². The average molecular weight is 338 g/mol. The molecule has 2 amide bonds. The molecule has 1 heterocycles. The monoisotopic (exact) mass is 338 g/mol. The van der Waals surface area contributed by atoms with Crippen LogP contribution in [0.25, 0.3) is 0 Å². The van der Waals surface area contributed by atoms with Crippen LogP contribution in [0.2, 0.25) is 0 Å². The molecule has 124 valence electrons. The van der Waals surface area contributed by atoms with Crippen molar-refractivity contribution in [2.75, 3.05) is 12.8 Å². The van der Waals surface area contributed by atoms with Crippen molar-refractivity contribution < 1.29 is 18.7 Å². The maximum Gasteiger partial charge on any atom is 0.315 e. The third kappa shape index (κ3) is 5.30. The van der Waals surface area contributed by atoms with Crippen molar-refractivity contribution in [1.29, 1.82) is 0 Å². The van der Waals surface area contributed by atoms with Crippen molar-refractivity contribution in [3.05, 3.63) is 59.3 Å². The van der Waals surface area contributed by atoms with Crippen molar-refractivity contribution in [1.82, 2.24) is 10.6 Å². The number of aliphatic hydroxyl groups is 1. The van der Waals surface area contributed by atoms with Crippen LogP contribution < -0.4 is 10.6 Å². The van der Waals surface area contributed by atoms with E-state index in [4.69, 9.17) is 4.42 Å². The van der Waals surface area contributed by atoms with Crippen molar-refractivity contribution in [2.45, 2.75) is 18.4 Å². The number of aliphatic hydroxyl groups excluding tert-OH is 1. The second-order valence-corrected chi connectivity index (χ2v) is 5.81. The molecule has 0 spiro atoms. The van der Waals surface area contributed by atoms with E-state index in [-0.39, 0.29) is 12.4 Å². The van der Waals surface area contributed by atoms with Gasteiger partial charge in [-0.05, 0) is 41.6 Å². The van der Waals surface area contributed by atoms with Gasteiger partial charge < -0.3 is 20.2 Å². The molecule has 0 bridgehead atoms. The molecule has 1 aromatic heterocycles. The number of nitrogens with one attached hydrogen (secondary N) is 2. The van der Waals surface area contributed by atoms with E-state index in [2.05, 4.69) is 10.6 Å². The Morgan fingerprint density at radius 3 is 2.87 bits per heavy atom. The molecule has 0 radical (unpaired) electrons. The highest BCUT2D eigenvalue weighted by Crippen LogP contribution is 2.16. The summed E-state index contributed by atoms with van der Waals surface area (Å²) in [5.41, 5.74) is 1.72. The SMILES string of the molecule is CSCc1cc(F)ccc1CNC(=O)NCC(O)c1ccco1. The second-order valence-electron chi connectivity index (χ2n) is 4.94. The Hall–Kier alpha value is -1.99. The van der Waals surface area contributed by atoms with Gasteiger partial charge in [0.2, 0.25) is 0 Å². The zero-order valence-corrected chi connectivity index (χ0v) is 13.5. The van der Waals surface area contributed by atoms with Gasteiger partial charge in [0, 0.05) is 12.3 Å². The number of halogens is 1. The third-order valence-corrected chi connectivity index (χ3v) is 3.83. The van der Waals surface area contributed by atoms with Crippen LogP contribution in [0.5, 0.6) is 0 Å². The number of benzene rings is 1. The van der Waals surface area contributed by atoms with Gasteiger partial charge in [0.05, 0.1) is 12.8 Å². The summed E-state index contributed by atoms with van der Waals surface area (Å²) in [7, 11) is 0. The number of rotatable bonds is 7. The highest BCUT2D eigenvalue weighted by molar-refractivity contribution is 7.97. The minimum atomic E-state index is -0.895. The quantitative estimate of drug-likeness (QED) is 0.726. The zero-order valence-electron chi connectivity index (χ0n) is 12.7. The zero-order chi connectivity index (χ0) is 16.7. The Bertz CT molecular complexity index is 634. The van der Waals surface area contributed by atoms with E-state index in [1.54, 1.807) is 30.0 Å². The summed E-state index contributed by atoms with van der Waals surface area (Å²) in [4.78, 5) is 11.8. The number of amides is 2. The van der Waals surface area contributed by atoms with Crippen LogP contribution in [-0.4, -0.2) is 23.9 Å². The maximum absolute atomic E-state index is 13.3. The highest BCUT2D eigenvalue weighted by atomic mass is 32.2. The predicted molar refractivity (Wildman–Crippen MR) is 87.5 cm³/mol. The highest BCUT2D eigenvalue weighted by Gasteiger charge is 2.12. The van der Waals surface area contributed by atoms with Crippen molar-refractivity contribution >= 4 is 17.8 Å². The lowest BCUT2D eigenvalue weighted by molar-refractivity contribution is 0.148. The van der Waals surface area contributed by atoms with Crippen LogP contribution in [-0.2, 0) is 12.3 Å². The van der Waals surface area contributed by atoms with Crippen LogP contribution in [0.15, 0.2) is 41.0 Å². The van der Waals surface area contributed by atoms with Crippen LogP contribution in [0.3, 0.4) is 0 Å². The molecule has 0 aliphatic heterocycles. The molecule has 2 rings (SSSR count). The normalized spacial score (nSPS) is 12.0. The summed E-state index contributed by atoms with van der Waals surface area (Å²) in [6.07, 6.45) is 2.50. The summed E-state index contributed by atoms with van der Waals surface area (Å²) >= 11 is 1.59. The second kappa shape index (κ2) is 8.59. The summed E-state index contributed by atoms with van der Waals surface area (Å²) in [5.74, 6) is 0.781. The maximum atomic E-state index is 13.3. The molecule has 7 heteroatoms. The molecule has 3 N–H and O–H groups in total. The van der Waals surface area contributed by atoms with Crippen LogP contribution in [0, 0.1) is 5.82 Å². The Morgan fingerprint density at radius 1 is 1.35 bits per heavy atom. The average Bonchev–Trinajstić information content (AvgIpc) is 3.06. The molecule has 0 saturated heterocycles. The lowest BCUT2D eigenvalue weighted by atomic mass is 10.1. The van der Waals surface area contributed by atoms with Gasteiger partial charge in [-0.3, -0.25) is 0 Å². The molecule has 1 atom stereocenters. The fraction of sp³-hybridized carbons (Fsp3) is 0.312. The molecule has 1 unspecified atom stereocenters. The van der Waals surface area contributed by atoms with E-state index in [9.17, 15) is 14.3 Å². The van der Waals surface area contributed by atoms with Gasteiger partial charge in [-0.25, -0.2) is 9.18 Å². The van der Waals surface area contributed by atoms with Gasteiger partial charge in [-0.2, -0.15) is 11.8 Å².